The van der Waals surface area contributed by atoms with Gasteiger partial charge in [-0.25, -0.2) is 9.97 Å². The molecule has 0 atom stereocenters. The number of benzene rings is 3. The number of rotatable bonds is 7. The van der Waals surface area contributed by atoms with Gasteiger partial charge in [-0.15, -0.1) is 0 Å². The van der Waals surface area contributed by atoms with Crippen molar-refractivity contribution in [1.29, 1.82) is 0 Å². The first-order valence-corrected chi connectivity index (χ1v) is 10.1. The second-order valence-corrected chi connectivity index (χ2v) is 7.37. The summed E-state index contributed by atoms with van der Waals surface area (Å²) in [6, 6.07) is 24.6. The topological polar surface area (TPSA) is 81.0 Å². The molecule has 0 saturated carbocycles. The highest BCUT2D eigenvalue weighted by molar-refractivity contribution is 7.98. The van der Waals surface area contributed by atoms with E-state index in [0.29, 0.717) is 17.5 Å². The van der Waals surface area contributed by atoms with Crippen molar-refractivity contribution < 1.29 is 4.92 Å². The second-order valence-electron chi connectivity index (χ2n) is 6.42. The largest absolute Gasteiger partial charge is 0.365 e. The van der Waals surface area contributed by atoms with E-state index >= 15 is 0 Å². The number of thioether (sulfide) groups is 1. The van der Waals surface area contributed by atoms with Crippen molar-refractivity contribution in [1.82, 2.24) is 9.97 Å². The van der Waals surface area contributed by atoms with Gasteiger partial charge in [0.1, 0.15) is 5.82 Å². The van der Waals surface area contributed by atoms with Crippen LogP contribution in [-0.4, -0.2) is 14.9 Å². The summed E-state index contributed by atoms with van der Waals surface area (Å²) >= 11 is 1.51. The number of anilines is 1. The van der Waals surface area contributed by atoms with Gasteiger partial charge in [-0.2, -0.15) is 0 Å². The van der Waals surface area contributed by atoms with E-state index in [-0.39, 0.29) is 5.69 Å². The van der Waals surface area contributed by atoms with E-state index in [9.17, 15) is 10.1 Å². The molecule has 1 heterocycles. The molecule has 29 heavy (non-hydrogen) atoms. The van der Waals surface area contributed by atoms with Crippen LogP contribution in [0.1, 0.15) is 11.1 Å². The highest BCUT2D eigenvalue weighted by atomic mass is 32.2. The fraction of sp³-hybridized carbons (Fsp3) is 0.0909. The van der Waals surface area contributed by atoms with E-state index < -0.39 is 4.92 Å². The molecule has 0 aliphatic heterocycles. The van der Waals surface area contributed by atoms with Gasteiger partial charge in [0, 0.05) is 29.8 Å². The first-order chi connectivity index (χ1) is 14.2. The molecule has 0 radical (unpaired) electrons. The minimum Gasteiger partial charge on any atom is -0.365 e. The lowest BCUT2D eigenvalue weighted by Crippen LogP contribution is -2.04. The van der Waals surface area contributed by atoms with E-state index in [1.807, 2.05) is 42.5 Å². The number of nitrogens with one attached hydrogen (secondary N) is 1. The van der Waals surface area contributed by atoms with E-state index in [1.165, 1.54) is 29.5 Å². The third kappa shape index (κ3) is 4.70. The molecule has 6 nitrogen and oxygen atoms in total. The Morgan fingerprint density at radius 2 is 1.59 bits per heavy atom. The summed E-state index contributed by atoms with van der Waals surface area (Å²) in [6.07, 6.45) is 0. The molecule has 0 spiro atoms. The van der Waals surface area contributed by atoms with Crippen LogP contribution in [0, 0.1) is 10.1 Å². The summed E-state index contributed by atoms with van der Waals surface area (Å²) in [5.74, 6) is 1.43. The summed E-state index contributed by atoms with van der Waals surface area (Å²) in [5.41, 5.74) is 3.13. The van der Waals surface area contributed by atoms with Gasteiger partial charge >= 0.3 is 0 Å². The smallest absolute Gasteiger partial charge is 0.269 e. The highest BCUT2D eigenvalue weighted by Crippen LogP contribution is 2.27. The zero-order chi connectivity index (χ0) is 20.1. The molecule has 7 heteroatoms. The SMILES string of the molecule is O=[N+]([O-])c1ccc(CSc2nc(NCc3ccccc3)c3ccccc3n2)cc1. The Hall–Kier alpha value is -3.45. The Bertz CT molecular complexity index is 1130. The van der Waals surface area contributed by atoms with Crippen LogP contribution in [0.2, 0.25) is 0 Å². The summed E-state index contributed by atoms with van der Waals surface area (Å²) < 4.78 is 0. The van der Waals surface area contributed by atoms with Crippen molar-refractivity contribution in [3.05, 3.63) is 100 Å². The van der Waals surface area contributed by atoms with Crippen molar-refractivity contribution in [2.75, 3.05) is 5.32 Å². The van der Waals surface area contributed by atoms with Crippen LogP contribution in [0.25, 0.3) is 10.9 Å². The monoisotopic (exact) mass is 402 g/mol. The molecule has 4 aromatic rings. The average molecular weight is 402 g/mol. The van der Waals surface area contributed by atoms with E-state index in [1.54, 1.807) is 12.1 Å². The fourth-order valence-corrected chi connectivity index (χ4v) is 3.70. The van der Waals surface area contributed by atoms with Gasteiger partial charge in [0.15, 0.2) is 5.16 Å². The molecule has 4 rings (SSSR count). The van der Waals surface area contributed by atoms with E-state index in [0.717, 1.165) is 22.3 Å². The molecular formula is C22H18N4O2S. The fourth-order valence-electron chi connectivity index (χ4n) is 2.90. The van der Waals surface area contributed by atoms with Gasteiger partial charge in [0.2, 0.25) is 0 Å². The number of para-hydroxylation sites is 1. The number of aromatic nitrogens is 2. The van der Waals surface area contributed by atoms with Gasteiger partial charge in [-0.05, 0) is 23.3 Å². The Labute approximate surface area is 172 Å². The van der Waals surface area contributed by atoms with Crippen molar-refractivity contribution >= 4 is 34.2 Å². The Kier molecular flexibility index (Phi) is 5.67. The number of fused-ring (bicyclic) bond motifs is 1. The number of non-ortho nitro benzene ring substituents is 1. The lowest BCUT2D eigenvalue weighted by atomic mass is 10.2. The van der Waals surface area contributed by atoms with E-state index in [2.05, 4.69) is 22.4 Å². The van der Waals surface area contributed by atoms with Crippen LogP contribution in [0.15, 0.2) is 84.0 Å². The predicted octanol–water partition coefficient (Wildman–Crippen LogP) is 5.44. The van der Waals surface area contributed by atoms with E-state index in [4.69, 9.17) is 4.98 Å². The number of hydrogen-bond acceptors (Lipinski definition) is 6. The van der Waals surface area contributed by atoms with Crippen LogP contribution >= 0.6 is 11.8 Å². The molecule has 0 aliphatic rings. The van der Waals surface area contributed by atoms with Crippen molar-refractivity contribution in [3.8, 4) is 0 Å². The third-order valence-corrected chi connectivity index (χ3v) is 5.32. The molecule has 1 aromatic heterocycles. The molecule has 0 saturated heterocycles. The lowest BCUT2D eigenvalue weighted by molar-refractivity contribution is -0.384. The van der Waals surface area contributed by atoms with Gasteiger partial charge < -0.3 is 5.32 Å². The van der Waals surface area contributed by atoms with Crippen molar-refractivity contribution in [3.63, 3.8) is 0 Å². The normalized spacial score (nSPS) is 10.8. The molecule has 3 aromatic carbocycles. The maximum Gasteiger partial charge on any atom is 0.269 e. The van der Waals surface area contributed by atoms with Crippen LogP contribution in [0.5, 0.6) is 0 Å². The van der Waals surface area contributed by atoms with Gasteiger partial charge in [0.25, 0.3) is 5.69 Å². The maximum absolute atomic E-state index is 10.8. The lowest BCUT2D eigenvalue weighted by Gasteiger charge is -2.11. The Morgan fingerprint density at radius 3 is 2.34 bits per heavy atom. The highest BCUT2D eigenvalue weighted by Gasteiger charge is 2.09. The van der Waals surface area contributed by atoms with Crippen molar-refractivity contribution in [2.24, 2.45) is 0 Å². The van der Waals surface area contributed by atoms with Crippen LogP contribution in [-0.2, 0) is 12.3 Å². The zero-order valence-electron chi connectivity index (χ0n) is 15.5. The van der Waals surface area contributed by atoms with Gasteiger partial charge in [-0.1, -0.05) is 66.4 Å². The Morgan fingerprint density at radius 1 is 0.862 bits per heavy atom. The minimum atomic E-state index is -0.395. The molecule has 0 unspecified atom stereocenters. The summed E-state index contributed by atoms with van der Waals surface area (Å²) in [6.45, 7) is 0.675. The molecule has 1 N–H and O–H groups in total. The molecule has 0 aliphatic carbocycles. The average Bonchev–Trinajstić information content (AvgIpc) is 2.77. The first kappa shape index (κ1) is 18.9. The number of nitrogens with zero attached hydrogens (tertiary/aromatic N) is 3. The molecule has 144 valence electrons. The quantitative estimate of drug-likeness (QED) is 0.192. The summed E-state index contributed by atoms with van der Waals surface area (Å²) in [4.78, 5) is 19.8. The van der Waals surface area contributed by atoms with Gasteiger partial charge in [-0.3, -0.25) is 10.1 Å². The Balaban J connectivity index is 1.53. The second kappa shape index (κ2) is 8.70. The molecular weight excluding hydrogens is 384 g/mol. The van der Waals surface area contributed by atoms with Gasteiger partial charge in [0.05, 0.1) is 10.4 Å². The van der Waals surface area contributed by atoms with Crippen LogP contribution in [0.3, 0.4) is 0 Å². The minimum absolute atomic E-state index is 0.0908. The first-order valence-electron chi connectivity index (χ1n) is 9.10. The summed E-state index contributed by atoms with van der Waals surface area (Å²) in [5, 5.41) is 15.9. The molecule has 0 fully saturated rings. The van der Waals surface area contributed by atoms with Crippen LogP contribution < -0.4 is 5.32 Å². The summed E-state index contributed by atoms with van der Waals surface area (Å²) in [7, 11) is 0. The number of nitro benzene ring substituents is 1. The predicted molar refractivity (Wildman–Crippen MR) is 116 cm³/mol. The molecule has 0 amide bonds. The van der Waals surface area contributed by atoms with Crippen LogP contribution in [0.4, 0.5) is 11.5 Å². The number of nitro groups is 1. The standard InChI is InChI=1S/C22H18N4O2S/c27-26(28)18-12-10-17(11-13-18)15-29-22-24-20-9-5-4-8-19(20)21(25-22)23-14-16-6-2-1-3-7-16/h1-13H,14-15H2,(H,23,24,25). The molecule has 0 bridgehead atoms. The van der Waals surface area contributed by atoms with Crippen molar-refractivity contribution in [2.45, 2.75) is 17.5 Å². The number of hydrogen-bond donors (Lipinski definition) is 1. The third-order valence-electron chi connectivity index (χ3n) is 4.40. The zero-order valence-corrected chi connectivity index (χ0v) is 16.3. The maximum atomic E-state index is 10.8.